The van der Waals surface area contributed by atoms with Crippen LogP contribution in [0, 0.1) is 5.41 Å². The Bertz CT molecular complexity index is 271. The van der Waals surface area contributed by atoms with Gasteiger partial charge >= 0.3 is 11.9 Å². The predicted octanol–water partition coefficient (Wildman–Crippen LogP) is 3.65. The van der Waals surface area contributed by atoms with Crippen molar-refractivity contribution in [3.63, 3.8) is 0 Å². The van der Waals surface area contributed by atoms with Gasteiger partial charge in [0, 0.05) is 11.5 Å². The summed E-state index contributed by atoms with van der Waals surface area (Å²) in [7, 11) is 0. The lowest BCUT2D eigenvalue weighted by Gasteiger charge is -2.29. The first-order chi connectivity index (χ1) is 8.98. The van der Waals surface area contributed by atoms with Crippen LogP contribution in [0.25, 0.3) is 0 Å². The highest BCUT2D eigenvalue weighted by Gasteiger charge is 2.36. The summed E-state index contributed by atoms with van der Waals surface area (Å²) in [6, 6.07) is 0. The number of rotatable bonds is 12. The van der Waals surface area contributed by atoms with Crippen LogP contribution in [0.4, 0.5) is 0 Å². The van der Waals surface area contributed by atoms with Crippen molar-refractivity contribution in [2.75, 3.05) is 11.5 Å². The maximum atomic E-state index is 11.6. The number of unbranched alkanes of at least 4 members (excludes halogenated alkanes) is 2. The molecule has 0 radical (unpaired) electrons. The first-order valence-electron chi connectivity index (χ1n) is 7.01. The van der Waals surface area contributed by atoms with Crippen LogP contribution in [-0.2, 0) is 9.59 Å². The summed E-state index contributed by atoms with van der Waals surface area (Å²) < 4.78 is 0. The quantitative estimate of drug-likeness (QED) is 0.537. The van der Waals surface area contributed by atoms with Gasteiger partial charge in [-0.05, 0) is 12.8 Å². The van der Waals surface area contributed by atoms with E-state index in [2.05, 4.69) is 13.8 Å². The summed E-state index contributed by atoms with van der Waals surface area (Å²) in [5.74, 6) is -0.536. The van der Waals surface area contributed by atoms with Crippen LogP contribution in [0.2, 0.25) is 0 Å². The zero-order chi connectivity index (χ0) is 14.7. The molecule has 0 heterocycles. The molecule has 0 bridgehead atoms. The Balaban J connectivity index is 4.50. The molecule has 4 nitrogen and oxygen atoms in total. The van der Waals surface area contributed by atoms with Gasteiger partial charge in [0.25, 0.3) is 0 Å². The molecule has 0 unspecified atom stereocenters. The molecule has 0 fully saturated rings. The Hall–Kier alpha value is -0.710. The summed E-state index contributed by atoms with van der Waals surface area (Å²) in [4.78, 5) is 22.1. The average molecular weight is 290 g/mol. The molecule has 5 heteroatoms. The largest absolute Gasteiger partial charge is 0.481 e. The number of hydrogen-bond donors (Lipinski definition) is 2. The molecule has 0 saturated heterocycles. The van der Waals surface area contributed by atoms with Gasteiger partial charge in [0.05, 0.1) is 11.8 Å². The minimum Gasteiger partial charge on any atom is -0.481 e. The van der Waals surface area contributed by atoms with Crippen molar-refractivity contribution in [1.29, 1.82) is 0 Å². The van der Waals surface area contributed by atoms with Crippen LogP contribution < -0.4 is 0 Å². The zero-order valence-corrected chi connectivity index (χ0v) is 12.8. The van der Waals surface area contributed by atoms with E-state index in [0.717, 1.165) is 25.7 Å². The fourth-order valence-corrected chi connectivity index (χ4v) is 3.27. The van der Waals surface area contributed by atoms with E-state index in [9.17, 15) is 14.7 Å². The van der Waals surface area contributed by atoms with E-state index >= 15 is 0 Å². The Morgan fingerprint density at radius 2 is 1.58 bits per heavy atom. The summed E-state index contributed by atoms with van der Waals surface area (Å²) in [5.41, 5.74) is -0.671. The van der Waals surface area contributed by atoms with Crippen molar-refractivity contribution in [3.8, 4) is 0 Å². The van der Waals surface area contributed by atoms with Crippen LogP contribution in [0.15, 0.2) is 0 Å². The molecule has 0 amide bonds. The molecule has 0 aromatic heterocycles. The smallest absolute Gasteiger partial charge is 0.310 e. The Morgan fingerprint density at radius 3 is 1.95 bits per heavy atom. The third-order valence-electron chi connectivity index (χ3n) is 3.31. The lowest BCUT2D eigenvalue weighted by molar-refractivity contribution is -0.148. The van der Waals surface area contributed by atoms with Gasteiger partial charge in [0.15, 0.2) is 0 Å². The van der Waals surface area contributed by atoms with Gasteiger partial charge in [-0.2, -0.15) is 11.8 Å². The van der Waals surface area contributed by atoms with E-state index in [-0.39, 0.29) is 6.42 Å². The molecule has 0 atom stereocenters. The third-order valence-corrected chi connectivity index (χ3v) is 4.56. The van der Waals surface area contributed by atoms with Crippen molar-refractivity contribution in [2.45, 2.75) is 58.8 Å². The maximum Gasteiger partial charge on any atom is 0.310 e. The normalized spacial score (nSPS) is 11.5. The van der Waals surface area contributed by atoms with Crippen LogP contribution >= 0.6 is 11.8 Å². The summed E-state index contributed by atoms with van der Waals surface area (Å²) in [6.07, 6.45) is 5.28. The van der Waals surface area contributed by atoms with Gasteiger partial charge in [-0.25, -0.2) is 0 Å². The van der Waals surface area contributed by atoms with Crippen molar-refractivity contribution in [2.24, 2.45) is 5.41 Å². The van der Waals surface area contributed by atoms with Crippen molar-refractivity contribution in [3.05, 3.63) is 0 Å². The van der Waals surface area contributed by atoms with Gasteiger partial charge < -0.3 is 10.2 Å². The summed E-state index contributed by atoms with van der Waals surface area (Å²) in [5, 5.41) is 18.2. The second kappa shape index (κ2) is 10.1. The summed E-state index contributed by atoms with van der Waals surface area (Å²) in [6.45, 7) is 4.12. The first-order valence-corrected chi connectivity index (χ1v) is 8.17. The number of carbonyl (C=O) groups is 2. The predicted molar refractivity (Wildman–Crippen MR) is 78.7 cm³/mol. The van der Waals surface area contributed by atoms with Gasteiger partial charge in [-0.1, -0.05) is 39.5 Å². The molecular formula is C14H26O4S. The number of aliphatic carboxylic acids is 2. The number of carboxylic acid groups (broad SMARTS) is 2. The highest BCUT2D eigenvalue weighted by molar-refractivity contribution is 7.99. The zero-order valence-electron chi connectivity index (χ0n) is 12.0. The average Bonchev–Trinajstić information content (AvgIpc) is 2.36. The van der Waals surface area contributed by atoms with Crippen molar-refractivity contribution in [1.82, 2.24) is 0 Å². The molecule has 0 aliphatic rings. The highest BCUT2D eigenvalue weighted by atomic mass is 32.2. The van der Waals surface area contributed by atoms with E-state index in [1.54, 1.807) is 0 Å². The second-order valence-corrected chi connectivity index (χ2v) is 6.09. The van der Waals surface area contributed by atoms with E-state index < -0.39 is 17.4 Å². The van der Waals surface area contributed by atoms with Crippen molar-refractivity contribution >= 4 is 23.7 Å². The lowest BCUT2D eigenvalue weighted by atomic mass is 9.80. The molecule has 0 aliphatic heterocycles. The highest BCUT2D eigenvalue weighted by Crippen LogP contribution is 2.35. The molecular weight excluding hydrogens is 264 g/mol. The molecule has 0 aromatic rings. The molecule has 19 heavy (non-hydrogen) atoms. The molecule has 0 aromatic carbocycles. The SMILES string of the molecule is CCCCC(CCCC)(CSCCC(=O)O)C(=O)O. The Morgan fingerprint density at radius 1 is 1.05 bits per heavy atom. The Kier molecular flexibility index (Phi) is 9.74. The first kappa shape index (κ1) is 18.3. The van der Waals surface area contributed by atoms with E-state index in [1.807, 2.05) is 0 Å². The molecule has 0 saturated carbocycles. The third kappa shape index (κ3) is 7.45. The van der Waals surface area contributed by atoms with Crippen molar-refractivity contribution < 1.29 is 19.8 Å². The monoisotopic (exact) mass is 290 g/mol. The van der Waals surface area contributed by atoms with Crippen LogP contribution in [0.3, 0.4) is 0 Å². The maximum absolute atomic E-state index is 11.6. The fraction of sp³-hybridized carbons (Fsp3) is 0.857. The van der Waals surface area contributed by atoms with E-state index in [0.29, 0.717) is 24.3 Å². The van der Waals surface area contributed by atoms with Gasteiger partial charge in [-0.3, -0.25) is 9.59 Å². The lowest BCUT2D eigenvalue weighted by Crippen LogP contribution is -2.34. The van der Waals surface area contributed by atoms with E-state index in [4.69, 9.17) is 5.11 Å². The number of hydrogen-bond acceptors (Lipinski definition) is 3. The fourth-order valence-electron chi connectivity index (χ4n) is 2.00. The molecule has 0 rings (SSSR count). The molecule has 2 N–H and O–H groups in total. The van der Waals surface area contributed by atoms with Gasteiger partial charge in [0.2, 0.25) is 0 Å². The minimum absolute atomic E-state index is 0.0991. The molecule has 112 valence electrons. The topological polar surface area (TPSA) is 74.6 Å². The molecule has 0 spiro atoms. The van der Waals surface area contributed by atoms with Crippen LogP contribution in [0.5, 0.6) is 0 Å². The van der Waals surface area contributed by atoms with Crippen LogP contribution in [0.1, 0.15) is 58.8 Å². The standard InChI is InChI=1S/C14H26O4S/c1-3-5-8-14(13(17)18,9-6-4-2)11-19-10-7-12(15)16/h3-11H2,1-2H3,(H,15,16)(H,17,18). The minimum atomic E-state index is -0.824. The molecule has 0 aliphatic carbocycles. The van der Waals surface area contributed by atoms with Crippen LogP contribution in [-0.4, -0.2) is 33.7 Å². The van der Waals surface area contributed by atoms with E-state index in [1.165, 1.54) is 11.8 Å². The number of thioether (sulfide) groups is 1. The Labute approximate surface area is 120 Å². The summed E-state index contributed by atoms with van der Waals surface area (Å²) >= 11 is 1.46. The second-order valence-electron chi connectivity index (χ2n) is 4.99. The van der Waals surface area contributed by atoms with Gasteiger partial charge in [0.1, 0.15) is 0 Å². The number of carboxylic acids is 2. The van der Waals surface area contributed by atoms with Gasteiger partial charge in [-0.15, -0.1) is 0 Å².